The van der Waals surface area contributed by atoms with Crippen molar-refractivity contribution in [2.75, 3.05) is 0 Å². The fourth-order valence-corrected chi connectivity index (χ4v) is 2.01. The first kappa shape index (κ1) is 14.5. The molecule has 0 fully saturated rings. The molecule has 0 aliphatic rings. The van der Waals surface area contributed by atoms with E-state index in [0.717, 1.165) is 5.56 Å². The Morgan fingerprint density at radius 3 is 2.50 bits per heavy atom. The molecule has 18 heavy (non-hydrogen) atoms. The molecular formula is C14H17ClN2O. The maximum atomic E-state index is 12.2. The van der Waals surface area contributed by atoms with Gasteiger partial charge in [0, 0.05) is 10.6 Å². The number of nitrogens with one attached hydrogen (secondary N) is 1. The standard InChI is InChI=1S/C14H17ClN2O/c1-4-14(5-2,9-16)17-13(18)12-7-6-11(15)8-10(12)3/h6-8H,4-5H2,1-3H3,(H,17,18). The number of nitriles is 1. The van der Waals surface area contributed by atoms with Gasteiger partial charge in [0.1, 0.15) is 5.54 Å². The number of aryl methyl sites for hydroxylation is 1. The van der Waals surface area contributed by atoms with Gasteiger partial charge in [-0.2, -0.15) is 5.26 Å². The van der Waals surface area contributed by atoms with Gasteiger partial charge in [-0.3, -0.25) is 4.79 Å². The van der Waals surface area contributed by atoms with E-state index in [9.17, 15) is 10.1 Å². The van der Waals surface area contributed by atoms with Crippen LogP contribution in [0.25, 0.3) is 0 Å². The molecule has 1 amide bonds. The maximum absolute atomic E-state index is 12.2. The van der Waals surface area contributed by atoms with E-state index in [-0.39, 0.29) is 5.91 Å². The summed E-state index contributed by atoms with van der Waals surface area (Å²) in [5, 5.41) is 12.6. The minimum absolute atomic E-state index is 0.227. The van der Waals surface area contributed by atoms with Crippen molar-refractivity contribution in [3.8, 4) is 6.07 Å². The third-order valence-electron chi connectivity index (χ3n) is 3.21. The number of rotatable bonds is 4. The van der Waals surface area contributed by atoms with Crippen LogP contribution < -0.4 is 5.32 Å². The van der Waals surface area contributed by atoms with Crippen molar-refractivity contribution < 1.29 is 4.79 Å². The number of amides is 1. The average molecular weight is 265 g/mol. The molecule has 1 aromatic carbocycles. The molecule has 0 saturated heterocycles. The molecule has 4 heteroatoms. The molecule has 0 radical (unpaired) electrons. The van der Waals surface area contributed by atoms with Crippen LogP contribution in [0.15, 0.2) is 18.2 Å². The van der Waals surface area contributed by atoms with E-state index >= 15 is 0 Å². The first-order valence-electron chi connectivity index (χ1n) is 5.98. The second-order valence-electron chi connectivity index (χ2n) is 4.31. The third-order valence-corrected chi connectivity index (χ3v) is 3.44. The van der Waals surface area contributed by atoms with Crippen LogP contribution in [0.4, 0.5) is 0 Å². The summed E-state index contributed by atoms with van der Waals surface area (Å²) in [6, 6.07) is 7.28. The Morgan fingerprint density at radius 1 is 1.44 bits per heavy atom. The summed E-state index contributed by atoms with van der Waals surface area (Å²) in [4.78, 5) is 12.2. The lowest BCUT2D eigenvalue weighted by molar-refractivity contribution is 0.0915. The van der Waals surface area contributed by atoms with Gasteiger partial charge in [-0.15, -0.1) is 0 Å². The molecule has 0 heterocycles. The SMILES string of the molecule is CCC(C#N)(CC)NC(=O)c1ccc(Cl)cc1C. The zero-order valence-corrected chi connectivity index (χ0v) is 11.6. The molecule has 96 valence electrons. The average Bonchev–Trinajstić information content (AvgIpc) is 2.36. The first-order valence-corrected chi connectivity index (χ1v) is 6.35. The smallest absolute Gasteiger partial charge is 0.252 e. The number of hydrogen-bond donors (Lipinski definition) is 1. The van der Waals surface area contributed by atoms with Crippen LogP contribution in [0.3, 0.4) is 0 Å². The summed E-state index contributed by atoms with van der Waals surface area (Å²) in [6.45, 7) is 5.61. The van der Waals surface area contributed by atoms with Crippen LogP contribution in [-0.2, 0) is 0 Å². The third kappa shape index (κ3) is 3.02. The number of hydrogen-bond acceptors (Lipinski definition) is 2. The van der Waals surface area contributed by atoms with Gasteiger partial charge in [-0.05, 0) is 43.5 Å². The Kier molecular flexibility index (Phi) is 4.75. The molecule has 1 aromatic rings. The summed E-state index contributed by atoms with van der Waals surface area (Å²) >= 11 is 5.85. The molecule has 1 rings (SSSR count). The van der Waals surface area contributed by atoms with Crippen molar-refractivity contribution in [2.24, 2.45) is 0 Å². The molecule has 0 aliphatic heterocycles. The lowest BCUT2D eigenvalue weighted by Crippen LogP contribution is -2.46. The highest BCUT2D eigenvalue weighted by Crippen LogP contribution is 2.18. The molecule has 0 saturated carbocycles. The lowest BCUT2D eigenvalue weighted by Gasteiger charge is -2.25. The van der Waals surface area contributed by atoms with Crippen molar-refractivity contribution in [1.29, 1.82) is 5.26 Å². The van der Waals surface area contributed by atoms with Gasteiger partial charge in [0.25, 0.3) is 5.91 Å². The van der Waals surface area contributed by atoms with Gasteiger partial charge in [-0.25, -0.2) is 0 Å². The molecule has 0 aromatic heterocycles. The van der Waals surface area contributed by atoms with Crippen LogP contribution in [0.2, 0.25) is 5.02 Å². The van der Waals surface area contributed by atoms with Gasteiger partial charge in [-0.1, -0.05) is 25.4 Å². The predicted octanol–water partition coefficient (Wildman–Crippen LogP) is 3.46. The van der Waals surface area contributed by atoms with E-state index in [1.807, 2.05) is 20.8 Å². The highest BCUT2D eigenvalue weighted by Gasteiger charge is 2.28. The summed E-state index contributed by atoms with van der Waals surface area (Å²) in [5.41, 5.74) is 0.573. The van der Waals surface area contributed by atoms with E-state index in [1.165, 1.54) is 0 Å². The minimum Gasteiger partial charge on any atom is -0.334 e. The minimum atomic E-state index is -0.789. The fraction of sp³-hybridized carbons (Fsp3) is 0.429. The number of carbonyl (C=O) groups is 1. The maximum Gasteiger partial charge on any atom is 0.252 e. The van der Waals surface area contributed by atoms with Crippen LogP contribution in [0.1, 0.15) is 42.6 Å². The Bertz CT molecular complexity index is 487. The van der Waals surface area contributed by atoms with Crippen molar-refractivity contribution in [3.63, 3.8) is 0 Å². The Hall–Kier alpha value is -1.53. The Morgan fingerprint density at radius 2 is 2.06 bits per heavy atom. The van der Waals surface area contributed by atoms with Crippen LogP contribution in [-0.4, -0.2) is 11.4 Å². The van der Waals surface area contributed by atoms with E-state index < -0.39 is 5.54 Å². The summed E-state index contributed by atoms with van der Waals surface area (Å²) in [5.74, 6) is -0.227. The predicted molar refractivity (Wildman–Crippen MR) is 72.6 cm³/mol. The lowest BCUT2D eigenvalue weighted by atomic mass is 9.94. The van der Waals surface area contributed by atoms with Gasteiger partial charge in [0.2, 0.25) is 0 Å². The molecule has 3 nitrogen and oxygen atoms in total. The highest BCUT2D eigenvalue weighted by atomic mass is 35.5. The molecular weight excluding hydrogens is 248 g/mol. The Labute approximate surface area is 113 Å². The van der Waals surface area contributed by atoms with E-state index in [0.29, 0.717) is 23.4 Å². The highest BCUT2D eigenvalue weighted by molar-refractivity contribution is 6.30. The zero-order chi connectivity index (χ0) is 13.8. The van der Waals surface area contributed by atoms with Gasteiger partial charge in [0.05, 0.1) is 6.07 Å². The monoisotopic (exact) mass is 264 g/mol. The number of benzene rings is 1. The molecule has 0 unspecified atom stereocenters. The van der Waals surface area contributed by atoms with Crippen LogP contribution >= 0.6 is 11.6 Å². The largest absolute Gasteiger partial charge is 0.334 e. The summed E-state index contributed by atoms with van der Waals surface area (Å²) in [7, 11) is 0. The van der Waals surface area contributed by atoms with Crippen LogP contribution in [0, 0.1) is 18.3 Å². The van der Waals surface area contributed by atoms with Gasteiger partial charge in [0.15, 0.2) is 0 Å². The number of nitrogens with zero attached hydrogens (tertiary/aromatic N) is 1. The molecule has 0 spiro atoms. The van der Waals surface area contributed by atoms with Crippen molar-refractivity contribution in [3.05, 3.63) is 34.3 Å². The molecule has 0 bridgehead atoms. The molecule has 0 atom stereocenters. The van der Waals surface area contributed by atoms with E-state index in [4.69, 9.17) is 11.6 Å². The van der Waals surface area contributed by atoms with Crippen LogP contribution in [0.5, 0.6) is 0 Å². The number of carbonyl (C=O) groups excluding carboxylic acids is 1. The zero-order valence-electron chi connectivity index (χ0n) is 10.9. The summed E-state index contributed by atoms with van der Waals surface area (Å²) in [6.07, 6.45) is 1.16. The van der Waals surface area contributed by atoms with Crippen molar-refractivity contribution >= 4 is 17.5 Å². The van der Waals surface area contributed by atoms with Gasteiger partial charge < -0.3 is 5.32 Å². The normalized spacial score (nSPS) is 10.8. The van der Waals surface area contributed by atoms with E-state index in [2.05, 4.69) is 11.4 Å². The van der Waals surface area contributed by atoms with Gasteiger partial charge >= 0.3 is 0 Å². The second-order valence-corrected chi connectivity index (χ2v) is 4.75. The Balaban J connectivity index is 2.99. The summed E-state index contributed by atoms with van der Waals surface area (Å²) < 4.78 is 0. The topological polar surface area (TPSA) is 52.9 Å². The van der Waals surface area contributed by atoms with E-state index in [1.54, 1.807) is 18.2 Å². The second kappa shape index (κ2) is 5.88. The number of halogens is 1. The van der Waals surface area contributed by atoms with Crippen molar-refractivity contribution in [1.82, 2.24) is 5.32 Å². The van der Waals surface area contributed by atoms with Crippen molar-refractivity contribution in [2.45, 2.75) is 39.2 Å². The molecule has 1 N–H and O–H groups in total. The first-order chi connectivity index (χ1) is 8.48. The molecule has 0 aliphatic carbocycles. The fourth-order valence-electron chi connectivity index (χ4n) is 1.78. The quantitative estimate of drug-likeness (QED) is 0.905.